The van der Waals surface area contributed by atoms with Crippen LogP contribution in [-0.2, 0) is 11.3 Å². The van der Waals surface area contributed by atoms with Crippen molar-refractivity contribution in [3.8, 4) is 0 Å². The number of amides is 1. The van der Waals surface area contributed by atoms with Crippen molar-refractivity contribution in [3.05, 3.63) is 23.7 Å². The lowest BCUT2D eigenvalue weighted by atomic mass is 9.97. The van der Waals surface area contributed by atoms with Crippen LogP contribution in [0, 0.1) is 6.92 Å². The van der Waals surface area contributed by atoms with E-state index in [9.17, 15) is 4.79 Å². The number of carbonyl (C=O) groups excluding carboxylic acids is 1. The van der Waals surface area contributed by atoms with Gasteiger partial charge in [0.05, 0.1) is 12.8 Å². The topological polar surface area (TPSA) is 63.5 Å². The largest absolute Gasteiger partial charge is 0.468 e. The first-order chi connectivity index (χ1) is 10.3. The first kappa shape index (κ1) is 16.9. The Hall–Kier alpha value is -1.49. The molecule has 0 saturated heterocycles. The van der Waals surface area contributed by atoms with Crippen LogP contribution in [0.25, 0.3) is 0 Å². The third-order valence-corrected chi connectivity index (χ3v) is 4.12. The molecule has 22 heavy (non-hydrogen) atoms. The lowest BCUT2D eigenvalue weighted by Crippen LogP contribution is -2.52. The zero-order chi connectivity index (χ0) is 16.2. The van der Waals surface area contributed by atoms with Gasteiger partial charge in [0.25, 0.3) is 0 Å². The molecule has 0 unspecified atom stereocenters. The van der Waals surface area contributed by atoms with E-state index in [1.165, 1.54) is 12.8 Å². The van der Waals surface area contributed by atoms with Crippen LogP contribution in [0.2, 0.25) is 0 Å². The maximum absolute atomic E-state index is 11.9. The Morgan fingerprint density at radius 3 is 2.59 bits per heavy atom. The van der Waals surface area contributed by atoms with Gasteiger partial charge in [-0.3, -0.25) is 0 Å². The highest BCUT2D eigenvalue weighted by Crippen LogP contribution is 2.29. The molecular formula is C17H28N2O3. The smallest absolute Gasteiger partial charge is 0.407 e. The summed E-state index contributed by atoms with van der Waals surface area (Å²) in [6.45, 7) is 8.93. The molecule has 0 spiro atoms. The van der Waals surface area contributed by atoms with Crippen molar-refractivity contribution in [3.63, 3.8) is 0 Å². The lowest BCUT2D eigenvalue weighted by Gasteiger charge is -2.31. The number of alkyl carbamates (subject to hydrolysis) is 1. The Labute approximate surface area is 132 Å². The molecule has 0 radical (unpaired) electrons. The summed E-state index contributed by atoms with van der Waals surface area (Å²) in [7, 11) is 0. The minimum absolute atomic E-state index is 0.0594. The number of ether oxygens (including phenoxy) is 1. The molecule has 1 saturated carbocycles. The van der Waals surface area contributed by atoms with Crippen molar-refractivity contribution in [2.24, 2.45) is 0 Å². The van der Waals surface area contributed by atoms with Crippen molar-refractivity contribution in [1.82, 2.24) is 10.6 Å². The molecule has 2 N–H and O–H groups in total. The molecule has 0 aromatic carbocycles. The maximum Gasteiger partial charge on any atom is 0.407 e. The average molecular weight is 308 g/mol. The van der Waals surface area contributed by atoms with E-state index < -0.39 is 5.60 Å². The van der Waals surface area contributed by atoms with Crippen molar-refractivity contribution in [2.75, 3.05) is 6.54 Å². The van der Waals surface area contributed by atoms with E-state index >= 15 is 0 Å². The number of carbonyl (C=O) groups is 1. The fraction of sp³-hybridized carbons (Fsp3) is 0.706. The van der Waals surface area contributed by atoms with Gasteiger partial charge in [-0.1, -0.05) is 12.8 Å². The fourth-order valence-electron chi connectivity index (χ4n) is 2.88. The van der Waals surface area contributed by atoms with Crippen molar-refractivity contribution in [1.29, 1.82) is 0 Å². The van der Waals surface area contributed by atoms with Gasteiger partial charge in [-0.2, -0.15) is 0 Å². The van der Waals surface area contributed by atoms with E-state index in [1.54, 1.807) is 6.26 Å². The van der Waals surface area contributed by atoms with Crippen molar-refractivity contribution in [2.45, 2.75) is 71.1 Å². The van der Waals surface area contributed by atoms with Gasteiger partial charge >= 0.3 is 6.09 Å². The number of hydrogen-bond acceptors (Lipinski definition) is 4. The molecule has 0 bridgehead atoms. The summed E-state index contributed by atoms with van der Waals surface area (Å²) in [5.74, 6) is 0.962. The van der Waals surface area contributed by atoms with Gasteiger partial charge in [-0.25, -0.2) is 4.79 Å². The maximum atomic E-state index is 11.9. The number of rotatable bonds is 5. The second-order valence-corrected chi connectivity index (χ2v) is 7.22. The summed E-state index contributed by atoms with van der Waals surface area (Å²) in [5, 5.41) is 6.50. The van der Waals surface area contributed by atoms with Gasteiger partial charge in [0, 0.05) is 12.1 Å². The van der Waals surface area contributed by atoms with Gasteiger partial charge in [0.2, 0.25) is 0 Å². The summed E-state index contributed by atoms with van der Waals surface area (Å²) in [5.41, 5.74) is 0.627. The molecule has 1 aromatic rings. The Morgan fingerprint density at radius 2 is 2.05 bits per heavy atom. The molecular weight excluding hydrogens is 280 g/mol. The molecule has 1 aliphatic rings. The summed E-state index contributed by atoms with van der Waals surface area (Å²) >= 11 is 0. The van der Waals surface area contributed by atoms with E-state index in [0.717, 1.165) is 24.2 Å². The zero-order valence-corrected chi connectivity index (χ0v) is 14.1. The van der Waals surface area contributed by atoms with E-state index in [2.05, 4.69) is 10.6 Å². The molecule has 5 nitrogen and oxygen atoms in total. The number of nitrogens with one attached hydrogen (secondary N) is 2. The quantitative estimate of drug-likeness (QED) is 0.873. The summed E-state index contributed by atoms with van der Waals surface area (Å²) in [6, 6.07) is 1.97. The number of aryl methyl sites for hydroxylation is 1. The van der Waals surface area contributed by atoms with Crippen LogP contribution in [0.15, 0.2) is 16.7 Å². The Bertz CT molecular complexity index is 496. The SMILES string of the molecule is Cc1ccoc1CNC1(CNC(=O)OC(C)(C)C)CCCC1. The summed E-state index contributed by atoms with van der Waals surface area (Å²) < 4.78 is 10.8. The monoisotopic (exact) mass is 308 g/mol. The highest BCUT2D eigenvalue weighted by Gasteiger charge is 2.34. The van der Waals surface area contributed by atoms with Gasteiger partial charge in [-0.05, 0) is 52.2 Å². The fourth-order valence-corrected chi connectivity index (χ4v) is 2.88. The normalized spacial score (nSPS) is 17.5. The highest BCUT2D eigenvalue weighted by molar-refractivity contribution is 5.67. The predicted molar refractivity (Wildman–Crippen MR) is 85.7 cm³/mol. The Balaban J connectivity index is 1.88. The molecule has 5 heteroatoms. The van der Waals surface area contributed by atoms with Crippen LogP contribution in [0.3, 0.4) is 0 Å². The van der Waals surface area contributed by atoms with Crippen LogP contribution in [-0.4, -0.2) is 23.8 Å². The van der Waals surface area contributed by atoms with E-state index in [-0.39, 0.29) is 11.6 Å². The summed E-state index contributed by atoms with van der Waals surface area (Å²) in [6.07, 6.45) is 5.84. The van der Waals surface area contributed by atoms with Gasteiger partial charge in [-0.15, -0.1) is 0 Å². The van der Waals surface area contributed by atoms with E-state index in [1.807, 2.05) is 33.8 Å². The van der Waals surface area contributed by atoms with E-state index in [0.29, 0.717) is 13.1 Å². The third-order valence-electron chi connectivity index (χ3n) is 4.12. The van der Waals surface area contributed by atoms with Crippen LogP contribution >= 0.6 is 0 Å². The highest BCUT2D eigenvalue weighted by atomic mass is 16.6. The Morgan fingerprint density at radius 1 is 1.36 bits per heavy atom. The molecule has 0 aliphatic heterocycles. The number of hydrogen-bond donors (Lipinski definition) is 2. The van der Waals surface area contributed by atoms with Crippen LogP contribution < -0.4 is 10.6 Å². The molecule has 0 atom stereocenters. The molecule has 1 heterocycles. The van der Waals surface area contributed by atoms with Crippen LogP contribution in [0.5, 0.6) is 0 Å². The minimum atomic E-state index is -0.467. The minimum Gasteiger partial charge on any atom is -0.468 e. The standard InChI is InChI=1S/C17H28N2O3/c1-13-7-10-21-14(13)11-19-17(8-5-6-9-17)12-18-15(20)22-16(2,3)4/h7,10,19H,5-6,8-9,11-12H2,1-4H3,(H,18,20). The van der Waals surface area contributed by atoms with Crippen molar-refractivity contribution < 1.29 is 13.9 Å². The molecule has 124 valence electrons. The molecule has 1 aromatic heterocycles. The van der Waals surface area contributed by atoms with Crippen LogP contribution in [0.1, 0.15) is 57.8 Å². The molecule has 1 aliphatic carbocycles. The van der Waals surface area contributed by atoms with Crippen LogP contribution in [0.4, 0.5) is 4.79 Å². The first-order valence-electron chi connectivity index (χ1n) is 8.05. The van der Waals surface area contributed by atoms with Gasteiger partial charge in [0.1, 0.15) is 11.4 Å². The third kappa shape index (κ3) is 4.77. The number of furan rings is 1. The second kappa shape index (κ2) is 6.73. The van der Waals surface area contributed by atoms with E-state index in [4.69, 9.17) is 9.15 Å². The second-order valence-electron chi connectivity index (χ2n) is 7.22. The van der Waals surface area contributed by atoms with Crippen molar-refractivity contribution >= 4 is 6.09 Å². The van der Waals surface area contributed by atoms with Gasteiger partial charge in [0.15, 0.2) is 0 Å². The first-order valence-corrected chi connectivity index (χ1v) is 8.05. The molecule has 2 rings (SSSR count). The zero-order valence-electron chi connectivity index (χ0n) is 14.1. The molecule has 1 fully saturated rings. The Kier molecular flexibility index (Phi) is 5.16. The van der Waals surface area contributed by atoms with Gasteiger partial charge < -0.3 is 19.8 Å². The lowest BCUT2D eigenvalue weighted by molar-refractivity contribution is 0.0509. The summed E-state index contributed by atoms with van der Waals surface area (Å²) in [4.78, 5) is 11.9. The predicted octanol–water partition coefficient (Wildman–Crippen LogP) is 3.52. The average Bonchev–Trinajstić information content (AvgIpc) is 3.02. The molecule has 1 amide bonds.